The maximum Gasteiger partial charge on any atom is 0.303 e. The molecule has 4 rings (SSSR count). The summed E-state index contributed by atoms with van der Waals surface area (Å²) in [5.41, 5.74) is 0.580. The Kier molecular flexibility index (Phi) is 7.33. The number of benzene rings is 1. The number of amides is 1. The number of aryl methyl sites for hydroxylation is 1. The van der Waals surface area contributed by atoms with Crippen molar-refractivity contribution in [2.45, 2.75) is 12.7 Å². The maximum absolute atomic E-state index is 13.3. The molecule has 0 aliphatic carbocycles. The number of hydrogen-bond donors (Lipinski definition) is 1. The number of rotatable bonds is 10. The van der Waals surface area contributed by atoms with Gasteiger partial charge in [0, 0.05) is 13.1 Å². The molecule has 0 aliphatic rings. The van der Waals surface area contributed by atoms with Crippen molar-refractivity contribution in [2.75, 3.05) is 20.8 Å². The monoisotopic (exact) mass is 528 g/mol. The van der Waals surface area contributed by atoms with Crippen LogP contribution >= 0.6 is 0 Å². The van der Waals surface area contributed by atoms with E-state index in [9.17, 15) is 13.2 Å². The molecule has 0 bridgehead atoms. The SMILES string of the molecule is CCOc1cccc(-c2nnc(C(=O)NS(=O)(=O)Cc3ncn(C)n3)n2-c2c(OC)cccc2OC)n1. The second-order valence-corrected chi connectivity index (χ2v) is 9.23. The van der Waals surface area contributed by atoms with Gasteiger partial charge >= 0.3 is 5.91 Å². The van der Waals surface area contributed by atoms with E-state index in [0.717, 1.165) is 0 Å². The van der Waals surface area contributed by atoms with Crippen LogP contribution in [0.25, 0.3) is 17.2 Å². The number of pyridine rings is 1. The van der Waals surface area contributed by atoms with Gasteiger partial charge in [-0.15, -0.1) is 10.2 Å². The zero-order chi connectivity index (χ0) is 26.6. The second kappa shape index (κ2) is 10.6. The summed E-state index contributed by atoms with van der Waals surface area (Å²) in [5, 5.41) is 12.1. The molecule has 1 N–H and O–H groups in total. The molecule has 3 aromatic heterocycles. The van der Waals surface area contributed by atoms with Crippen LogP contribution in [0.4, 0.5) is 0 Å². The van der Waals surface area contributed by atoms with Crippen LogP contribution in [0, 0.1) is 0 Å². The minimum atomic E-state index is -4.19. The third-order valence-electron chi connectivity index (χ3n) is 4.95. The predicted molar refractivity (Wildman–Crippen MR) is 130 cm³/mol. The molecule has 0 aliphatic heterocycles. The molecule has 0 atom stereocenters. The summed E-state index contributed by atoms with van der Waals surface area (Å²) < 4.78 is 46.6. The van der Waals surface area contributed by atoms with Gasteiger partial charge in [-0.1, -0.05) is 12.1 Å². The number of sulfonamides is 1. The molecule has 194 valence electrons. The Bertz CT molecular complexity index is 1510. The normalized spacial score (nSPS) is 11.2. The Labute approximate surface area is 212 Å². The topological polar surface area (TPSA) is 165 Å². The van der Waals surface area contributed by atoms with Crippen molar-refractivity contribution in [3.63, 3.8) is 0 Å². The van der Waals surface area contributed by atoms with Crippen molar-refractivity contribution in [2.24, 2.45) is 7.05 Å². The van der Waals surface area contributed by atoms with Crippen LogP contribution in [-0.2, 0) is 22.8 Å². The fraction of sp³-hybridized carbons (Fsp3) is 0.273. The molecule has 14 nitrogen and oxygen atoms in total. The standard InChI is InChI=1S/C22H24N8O6S/c1-5-36-18-11-6-8-14(24-18)20-25-26-21(30(20)19-15(34-3)9-7-10-16(19)35-4)22(31)28-37(32,33)12-17-23-13-29(2)27-17/h6-11,13H,5,12H2,1-4H3,(H,28,31). The van der Waals surface area contributed by atoms with Gasteiger partial charge in [0.15, 0.2) is 11.6 Å². The zero-order valence-corrected chi connectivity index (χ0v) is 21.3. The van der Waals surface area contributed by atoms with E-state index >= 15 is 0 Å². The molecule has 1 aromatic carbocycles. The molecule has 15 heteroatoms. The first-order chi connectivity index (χ1) is 17.8. The average Bonchev–Trinajstić information content (AvgIpc) is 3.49. The number of carbonyl (C=O) groups excluding carboxylic acids is 1. The molecule has 0 saturated heterocycles. The van der Waals surface area contributed by atoms with Crippen LogP contribution in [0.5, 0.6) is 17.4 Å². The highest BCUT2D eigenvalue weighted by Crippen LogP contribution is 2.36. The van der Waals surface area contributed by atoms with Gasteiger partial charge in [0.1, 0.15) is 35.0 Å². The molecule has 0 unspecified atom stereocenters. The van der Waals surface area contributed by atoms with E-state index in [4.69, 9.17) is 14.2 Å². The highest BCUT2D eigenvalue weighted by atomic mass is 32.2. The molecule has 4 aromatic rings. The van der Waals surface area contributed by atoms with Gasteiger partial charge in [0.2, 0.25) is 21.7 Å². The smallest absolute Gasteiger partial charge is 0.303 e. The number of carbonyl (C=O) groups is 1. The molecular formula is C22H24N8O6S. The Morgan fingerprint density at radius 1 is 1.05 bits per heavy atom. The molecule has 3 heterocycles. The summed E-state index contributed by atoms with van der Waals surface area (Å²) >= 11 is 0. The highest BCUT2D eigenvalue weighted by Gasteiger charge is 2.29. The van der Waals surface area contributed by atoms with Gasteiger partial charge in [-0.05, 0) is 25.1 Å². The summed E-state index contributed by atoms with van der Waals surface area (Å²) in [6, 6.07) is 10.0. The number of aromatic nitrogens is 7. The number of para-hydroxylation sites is 1. The number of ether oxygens (including phenoxy) is 3. The van der Waals surface area contributed by atoms with Crippen LogP contribution < -0.4 is 18.9 Å². The van der Waals surface area contributed by atoms with Gasteiger partial charge in [-0.25, -0.2) is 23.1 Å². The van der Waals surface area contributed by atoms with E-state index in [1.165, 1.54) is 29.8 Å². The lowest BCUT2D eigenvalue weighted by atomic mass is 10.2. The van der Waals surface area contributed by atoms with Crippen molar-refractivity contribution < 1.29 is 27.4 Å². The average molecular weight is 529 g/mol. The van der Waals surface area contributed by atoms with E-state index in [1.807, 2.05) is 11.6 Å². The number of nitrogens with zero attached hydrogens (tertiary/aromatic N) is 7. The van der Waals surface area contributed by atoms with Crippen molar-refractivity contribution in [1.82, 2.24) is 39.2 Å². The third-order valence-corrected chi connectivity index (χ3v) is 6.09. The molecule has 0 fully saturated rings. The summed E-state index contributed by atoms with van der Waals surface area (Å²) in [4.78, 5) is 21.6. The Balaban J connectivity index is 1.84. The molecule has 37 heavy (non-hydrogen) atoms. The minimum Gasteiger partial charge on any atom is -0.494 e. The van der Waals surface area contributed by atoms with Crippen LogP contribution in [0.1, 0.15) is 23.4 Å². The first-order valence-electron chi connectivity index (χ1n) is 10.9. The van der Waals surface area contributed by atoms with Gasteiger partial charge in [0.05, 0.1) is 20.8 Å². The highest BCUT2D eigenvalue weighted by molar-refractivity contribution is 7.89. The summed E-state index contributed by atoms with van der Waals surface area (Å²) in [6.45, 7) is 2.21. The molecule has 0 saturated carbocycles. The quantitative estimate of drug-likeness (QED) is 0.314. The Morgan fingerprint density at radius 2 is 1.76 bits per heavy atom. The van der Waals surface area contributed by atoms with Gasteiger partial charge in [0.25, 0.3) is 0 Å². The first kappa shape index (κ1) is 25.6. The fourth-order valence-corrected chi connectivity index (χ4v) is 4.39. The van der Waals surface area contributed by atoms with Crippen LogP contribution in [0.3, 0.4) is 0 Å². The summed E-state index contributed by atoms with van der Waals surface area (Å²) in [6.07, 6.45) is 1.35. The lowest BCUT2D eigenvalue weighted by Crippen LogP contribution is -2.34. The van der Waals surface area contributed by atoms with Crippen molar-refractivity contribution in [1.29, 1.82) is 0 Å². The first-order valence-corrected chi connectivity index (χ1v) is 12.6. The molecular weight excluding hydrogens is 504 g/mol. The van der Waals surface area contributed by atoms with E-state index in [-0.39, 0.29) is 23.2 Å². The minimum absolute atomic E-state index is 0.0216. The van der Waals surface area contributed by atoms with E-state index in [2.05, 4.69) is 25.3 Å². The van der Waals surface area contributed by atoms with Crippen molar-refractivity contribution >= 4 is 15.9 Å². The van der Waals surface area contributed by atoms with Gasteiger partial charge in [-0.3, -0.25) is 14.0 Å². The Hall–Kier alpha value is -4.53. The number of hydrogen-bond acceptors (Lipinski definition) is 11. The summed E-state index contributed by atoms with van der Waals surface area (Å²) in [7, 11) is 0.302. The third kappa shape index (κ3) is 5.50. The van der Waals surface area contributed by atoms with Gasteiger partial charge < -0.3 is 14.2 Å². The van der Waals surface area contributed by atoms with E-state index < -0.39 is 21.7 Å². The number of nitrogens with one attached hydrogen (secondary N) is 1. The van der Waals surface area contributed by atoms with E-state index in [0.29, 0.717) is 29.7 Å². The maximum atomic E-state index is 13.3. The Morgan fingerprint density at radius 3 is 2.38 bits per heavy atom. The van der Waals surface area contributed by atoms with Crippen LogP contribution in [0.2, 0.25) is 0 Å². The molecule has 0 spiro atoms. The van der Waals surface area contributed by atoms with Crippen LogP contribution in [-0.4, -0.2) is 69.7 Å². The van der Waals surface area contributed by atoms with E-state index in [1.54, 1.807) is 43.4 Å². The second-order valence-electron chi connectivity index (χ2n) is 7.51. The fourth-order valence-electron chi connectivity index (χ4n) is 3.47. The van der Waals surface area contributed by atoms with Crippen LogP contribution in [0.15, 0.2) is 42.7 Å². The number of methoxy groups -OCH3 is 2. The van der Waals surface area contributed by atoms with Crippen molar-refractivity contribution in [3.8, 4) is 34.6 Å². The summed E-state index contributed by atoms with van der Waals surface area (Å²) in [5.74, 6) is -0.893. The zero-order valence-electron chi connectivity index (χ0n) is 20.4. The predicted octanol–water partition coefficient (Wildman–Crippen LogP) is 1.13. The molecule has 1 amide bonds. The lowest BCUT2D eigenvalue weighted by molar-refractivity contribution is 0.0969. The van der Waals surface area contributed by atoms with Gasteiger partial charge in [-0.2, -0.15) is 5.10 Å². The largest absolute Gasteiger partial charge is 0.494 e. The van der Waals surface area contributed by atoms with Crippen molar-refractivity contribution in [3.05, 3.63) is 54.4 Å². The molecule has 0 radical (unpaired) electrons. The lowest BCUT2D eigenvalue weighted by Gasteiger charge is -2.17.